The minimum absolute atomic E-state index is 0.0240. The van der Waals surface area contributed by atoms with E-state index in [2.05, 4.69) is 5.32 Å². The summed E-state index contributed by atoms with van der Waals surface area (Å²) in [4.78, 5) is 12.7. The van der Waals surface area contributed by atoms with Crippen molar-refractivity contribution < 1.29 is 22.3 Å². The number of rotatable bonds is 11. The van der Waals surface area contributed by atoms with Crippen molar-refractivity contribution in [3.8, 4) is 5.75 Å². The van der Waals surface area contributed by atoms with Crippen molar-refractivity contribution >= 4 is 33.4 Å². The highest BCUT2D eigenvalue weighted by atomic mass is 32.2. The van der Waals surface area contributed by atoms with Crippen LogP contribution in [0, 0.1) is 5.82 Å². The minimum Gasteiger partial charge on any atom is -0.494 e. The lowest BCUT2D eigenvalue weighted by atomic mass is 10.0. The van der Waals surface area contributed by atoms with E-state index in [9.17, 15) is 17.6 Å². The molecule has 0 heterocycles. The molecule has 2 aromatic rings. The van der Waals surface area contributed by atoms with E-state index in [1.165, 1.54) is 68.5 Å². The molecule has 1 saturated carbocycles. The average Bonchev–Trinajstić information content (AvgIpc) is 2.82. The van der Waals surface area contributed by atoms with Crippen LogP contribution in [0.25, 0.3) is 0 Å². The Labute approximate surface area is 199 Å². The first-order chi connectivity index (χ1) is 15.9. The van der Waals surface area contributed by atoms with E-state index in [1.54, 1.807) is 12.1 Å². The van der Waals surface area contributed by atoms with Gasteiger partial charge in [0, 0.05) is 17.5 Å². The molecule has 2 aromatic carbocycles. The van der Waals surface area contributed by atoms with Crippen molar-refractivity contribution in [2.45, 2.75) is 49.2 Å². The molecule has 0 bridgehead atoms. The number of halogens is 1. The lowest BCUT2D eigenvalue weighted by Crippen LogP contribution is -2.41. The number of ether oxygens (including phenoxy) is 1. The average molecular weight is 495 g/mol. The largest absolute Gasteiger partial charge is 0.494 e. The molecule has 1 N–H and O–H groups in total. The second kappa shape index (κ2) is 12.3. The van der Waals surface area contributed by atoms with Gasteiger partial charge in [0.25, 0.3) is 10.0 Å². The molecule has 6 nitrogen and oxygen atoms in total. The molecule has 3 rings (SSSR count). The summed E-state index contributed by atoms with van der Waals surface area (Å²) in [7, 11) is -4.05. The van der Waals surface area contributed by atoms with Crippen LogP contribution in [0.1, 0.15) is 39.0 Å². The molecule has 9 heteroatoms. The molecule has 180 valence electrons. The Hall–Kier alpha value is -2.26. The topological polar surface area (TPSA) is 75.7 Å². The number of benzene rings is 2. The van der Waals surface area contributed by atoms with E-state index < -0.39 is 28.3 Å². The van der Waals surface area contributed by atoms with Crippen LogP contribution in [-0.4, -0.2) is 45.0 Å². The first kappa shape index (κ1) is 25.4. The Morgan fingerprint density at radius 3 is 2.39 bits per heavy atom. The summed E-state index contributed by atoms with van der Waals surface area (Å²) in [5.74, 6) is 0.455. The maximum Gasteiger partial charge on any atom is 0.264 e. The number of hydrogen-bond donors (Lipinski definition) is 1. The fourth-order valence-electron chi connectivity index (χ4n) is 3.76. The third-order valence-electron chi connectivity index (χ3n) is 5.45. The SMILES string of the molecule is CCOc1ccc(S(=O)(=O)N(CC(=O)NCCSC2CCCCC2)c2ccc(F)cc2)cc1. The number of nitrogens with one attached hydrogen (secondary N) is 1. The standard InChI is InChI=1S/C24H31FN2O4S2/c1-2-31-21-12-14-23(15-13-21)33(29,30)27(20-10-8-19(25)9-11-20)18-24(28)26-16-17-32-22-6-4-3-5-7-22/h8-15,22H,2-7,16-18H2,1H3,(H,26,28). The maximum atomic E-state index is 13.4. The van der Waals surface area contributed by atoms with Gasteiger partial charge >= 0.3 is 0 Å². The van der Waals surface area contributed by atoms with Crippen LogP contribution in [-0.2, 0) is 14.8 Å². The lowest BCUT2D eigenvalue weighted by Gasteiger charge is -2.24. The van der Waals surface area contributed by atoms with E-state index in [0.29, 0.717) is 24.2 Å². The van der Waals surface area contributed by atoms with Crippen LogP contribution >= 0.6 is 11.8 Å². The zero-order valence-electron chi connectivity index (χ0n) is 18.8. The summed E-state index contributed by atoms with van der Waals surface area (Å²) in [6, 6.07) is 11.1. The maximum absolute atomic E-state index is 13.4. The number of hydrogen-bond acceptors (Lipinski definition) is 5. The first-order valence-corrected chi connectivity index (χ1v) is 13.8. The zero-order chi connectivity index (χ0) is 23.7. The van der Waals surface area contributed by atoms with Gasteiger partial charge in [-0.15, -0.1) is 0 Å². The number of amides is 1. The number of thioether (sulfide) groups is 1. The molecule has 0 unspecified atom stereocenters. The van der Waals surface area contributed by atoms with Gasteiger partial charge in [0.2, 0.25) is 5.91 Å². The Balaban J connectivity index is 1.68. The smallest absolute Gasteiger partial charge is 0.264 e. The normalized spacial score (nSPS) is 14.6. The molecule has 0 aliphatic heterocycles. The second-order valence-electron chi connectivity index (χ2n) is 7.87. The van der Waals surface area contributed by atoms with Crippen LogP contribution in [0.2, 0.25) is 0 Å². The third-order valence-corrected chi connectivity index (χ3v) is 8.63. The summed E-state index contributed by atoms with van der Waals surface area (Å²) in [6.07, 6.45) is 6.27. The molecular formula is C24H31FN2O4S2. The number of nitrogens with zero attached hydrogens (tertiary/aromatic N) is 1. The quantitative estimate of drug-likeness (QED) is 0.462. The summed E-state index contributed by atoms with van der Waals surface area (Å²) >= 11 is 1.86. The molecule has 0 spiro atoms. The third kappa shape index (κ3) is 7.37. The summed E-state index contributed by atoms with van der Waals surface area (Å²) < 4.78 is 46.6. The van der Waals surface area contributed by atoms with Gasteiger partial charge in [-0.05, 0) is 68.3 Å². The molecule has 1 fully saturated rings. The summed E-state index contributed by atoms with van der Waals surface area (Å²) in [6.45, 7) is 2.38. The first-order valence-electron chi connectivity index (χ1n) is 11.3. The Morgan fingerprint density at radius 1 is 1.09 bits per heavy atom. The van der Waals surface area contributed by atoms with Crippen molar-refractivity contribution in [2.24, 2.45) is 0 Å². The van der Waals surface area contributed by atoms with Crippen LogP contribution in [0.15, 0.2) is 53.4 Å². The highest BCUT2D eigenvalue weighted by Gasteiger charge is 2.27. The monoisotopic (exact) mass is 494 g/mol. The molecule has 0 atom stereocenters. The molecular weight excluding hydrogens is 463 g/mol. The number of carbonyl (C=O) groups excluding carboxylic acids is 1. The fourth-order valence-corrected chi connectivity index (χ4v) is 6.40. The van der Waals surface area contributed by atoms with Crippen molar-refractivity contribution in [1.29, 1.82) is 0 Å². The van der Waals surface area contributed by atoms with Gasteiger partial charge in [-0.25, -0.2) is 12.8 Å². The Kier molecular flexibility index (Phi) is 9.43. The van der Waals surface area contributed by atoms with E-state index in [-0.39, 0.29) is 10.6 Å². The minimum atomic E-state index is -4.05. The molecule has 1 aliphatic rings. The molecule has 0 aromatic heterocycles. The Bertz CT molecular complexity index is 992. The van der Waals surface area contributed by atoms with Gasteiger partial charge in [-0.2, -0.15) is 11.8 Å². The van der Waals surface area contributed by atoms with Crippen LogP contribution in [0.3, 0.4) is 0 Å². The van der Waals surface area contributed by atoms with Crippen LogP contribution < -0.4 is 14.4 Å². The van der Waals surface area contributed by atoms with Crippen LogP contribution in [0.5, 0.6) is 5.75 Å². The van der Waals surface area contributed by atoms with Gasteiger partial charge in [0.15, 0.2) is 0 Å². The van der Waals surface area contributed by atoms with E-state index in [4.69, 9.17) is 4.74 Å². The molecule has 0 saturated heterocycles. The highest BCUT2D eigenvalue weighted by Crippen LogP contribution is 2.28. The van der Waals surface area contributed by atoms with Crippen molar-refractivity contribution in [2.75, 3.05) is 29.8 Å². The van der Waals surface area contributed by atoms with Crippen molar-refractivity contribution in [3.05, 3.63) is 54.3 Å². The number of anilines is 1. The predicted octanol–water partition coefficient (Wildman–Crippen LogP) is 4.60. The number of carbonyl (C=O) groups is 1. The van der Waals surface area contributed by atoms with Crippen molar-refractivity contribution in [3.63, 3.8) is 0 Å². The summed E-state index contributed by atoms with van der Waals surface area (Å²) in [5.41, 5.74) is 0.219. The number of sulfonamides is 1. The predicted molar refractivity (Wildman–Crippen MR) is 131 cm³/mol. The van der Waals surface area contributed by atoms with E-state index in [1.807, 2.05) is 18.7 Å². The zero-order valence-corrected chi connectivity index (χ0v) is 20.5. The second-order valence-corrected chi connectivity index (χ2v) is 11.1. The van der Waals surface area contributed by atoms with Gasteiger partial charge < -0.3 is 10.1 Å². The van der Waals surface area contributed by atoms with Gasteiger partial charge in [-0.1, -0.05) is 19.3 Å². The fraction of sp³-hybridized carbons (Fsp3) is 0.458. The van der Waals surface area contributed by atoms with Crippen molar-refractivity contribution in [1.82, 2.24) is 5.32 Å². The van der Waals surface area contributed by atoms with E-state index >= 15 is 0 Å². The van der Waals surface area contributed by atoms with E-state index in [0.717, 1.165) is 10.1 Å². The molecule has 33 heavy (non-hydrogen) atoms. The molecule has 1 aliphatic carbocycles. The molecule has 1 amide bonds. The summed E-state index contributed by atoms with van der Waals surface area (Å²) in [5, 5.41) is 3.47. The van der Waals surface area contributed by atoms with Gasteiger partial charge in [-0.3, -0.25) is 9.10 Å². The Morgan fingerprint density at radius 2 is 1.76 bits per heavy atom. The van der Waals surface area contributed by atoms with Gasteiger partial charge in [0.05, 0.1) is 17.2 Å². The van der Waals surface area contributed by atoms with Crippen LogP contribution in [0.4, 0.5) is 10.1 Å². The highest BCUT2D eigenvalue weighted by molar-refractivity contribution is 7.99. The lowest BCUT2D eigenvalue weighted by molar-refractivity contribution is -0.119. The van der Waals surface area contributed by atoms with Gasteiger partial charge in [0.1, 0.15) is 18.1 Å². The molecule has 0 radical (unpaired) electrons.